The minimum Gasteiger partial charge on any atom is -0.293 e. The highest BCUT2D eigenvalue weighted by molar-refractivity contribution is 7.11. The lowest BCUT2D eigenvalue weighted by molar-refractivity contribution is -0.114. The van der Waals surface area contributed by atoms with Gasteiger partial charge in [0, 0.05) is 16.9 Å². The SMILES string of the molecule is N#CC1=C(c2cccs2)C2=C(CCCCC2)CC1=O. The minimum absolute atomic E-state index is 0.00606. The summed E-state index contributed by atoms with van der Waals surface area (Å²) in [4.78, 5) is 13.3. The maximum Gasteiger partial charge on any atom is 0.178 e. The van der Waals surface area contributed by atoms with E-state index in [0.29, 0.717) is 12.0 Å². The second-order valence-corrected chi connectivity index (χ2v) is 6.03. The van der Waals surface area contributed by atoms with Crippen LogP contribution >= 0.6 is 11.3 Å². The van der Waals surface area contributed by atoms with Gasteiger partial charge in [-0.3, -0.25) is 4.79 Å². The average Bonchev–Trinajstić information content (AvgIpc) is 2.83. The molecule has 0 aliphatic heterocycles. The fraction of sp³-hybridized carbons (Fsp3) is 0.375. The molecule has 0 spiro atoms. The Morgan fingerprint density at radius 2 is 2.05 bits per heavy atom. The van der Waals surface area contributed by atoms with Crippen LogP contribution < -0.4 is 0 Å². The Bertz CT molecular complexity index is 614. The number of hydrogen-bond donors (Lipinski definition) is 0. The van der Waals surface area contributed by atoms with Gasteiger partial charge in [-0.1, -0.05) is 18.1 Å². The lowest BCUT2D eigenvalue weighted by atomic mass is 9.82. The third-order valence-electron chi connectivity index (χ3n) is 3.92. The summed E-state index contributed by atoms with van der Waals surface area (Å²) in [6, 6.07) is 6.15. The number of nitrogens with zero attached hydrogens (tertiary/aromatic N) is 1. The van der Waals surface area contributed by atoms with E-state index in [9.17, 15) is 10.1 Å². The predicted molar refractivity (Wildman–Crippen MR) is 76.6 cm³/mol. The summed E-state index contributed by atoms with van der Waals surface area (Å²) in [5.74, 6) is 0.00606. The predicted octanol–water partition coefficient (Wildman–Crippen LogP) is 4.26. The van der Waals surface area contributed by atoms with Crippen LogP contribution in [0.15, 0.2) is 34.2 Å². The monoisotopic (exact) mass is 269 g/mol. The fourth-order valence-electron chi connectivity index (χ4n) is 3.02. The standard InChI is InChI=1S/C16H15NOS/c17-10-13-14(18)9-11-5-2-1-3-6-12(11)16(13)15-7-4-8-19-15/h4,7-8H,1-3,5-6,9H2. The van der Waals surface area contributed by atoms with Gasteiger partial charge < -0.3 is 0 Å². The van der Waals surface area contributed by atoms with Crippen LogP contribution in [0.25, 0.3) is 5.57 Å². The molecule has 1 heterocycles. The summed E-state index contributed by atoms with van der Waals surface area (Å²) in [5.41, 5.74) is 3.88. The van der Waals surface area contributed by atoms with Gasteiger partial charge >= 0.3 is 0 Å². The molecule has 2 aliphatic carbocycles. The van der Waals surface area contributed by atoms with E-state index in [4.69, 9.17) is 0 Å². The first kappa shape index (κ1) is 12.4. The molecular formula is C16H15NOS. The Labute approximate surface area is 117 Å². The third-order valence-corrected chi connectivity index (χ3v) is 4.80. The number of Topliss-reactive ketones (excluding diaryl/α,β-unsaturated/α-hetero) is 1. The van der Waals surface area contributed by atoms with Crippen molar-refractivity contribution in [3.63, 3.8) is 0 Å². The Balaban J connectivity index is 2.19. The first-order chi connectivity index (χ1) is 9.31. The van der Waals surface area contributed by atoms with E-state index in [1.54, 1.807) is 11.3 Å². The zero-order chi connectivity index (χ0) is 13.2. The number of carbonyl (C=O) groups is 1. The molecule has 0 atom stereocenters. The van der Waals surface area contributed by atoms with E-state index >= 15 is 0 Å². The molecule has 96 valence electrons. The van der Waals surface area contributed by atoms with Crippen LogP contribution in [-0.2, 0) is 4.79 Å². The molecule has 1 aromatic heterocycles. The molecule has 0 saturated heterocycles. The molecule has 0 radical (unpaired) electrons. The van der Waals surface area contributed by atoms with Gasteiger partial charge in [-0.2, -0.15) is 5.26 Å². The maximum absolute atomic E-state index is 12.2. The summed E-state index contributed by atoms with van der Waals surface area (Å²) >= 11 is 1.62. The second kappa shape index (κ2) is 5.14. The molecule has 2 nitrogen and oxygen atoms in total. The highest BCUT2D eigenvalue weighted by Gasteiger charge is 2.29. The summed E-state index contributed by atoms with van der Waals surface area (Å²) in [5, 5.41) is 11.4. The van der Waals surface area contributed by atoms with Crippen molar-refractivity contribution in [1.82, 2.24) is 0 Å². The summed E-state index contributed by atoms with van der Waals surface area (Å²) in [7, 11) is 0. The fourth-order valence-corrected chi connectivity index (χ4v) is 3.83. The van der Waals surface area contributed by atoms with E-state index in [-0.39, 0.29) is 5.78 Å². The molecule has 1 aromatic rings. The van der Waals surface area contributed by atoms with E-state index in [1.165, 1.54) is 30.4 Å². The van der Waals surface area contributed by atoms with E-state index in [2.05, 4.69) is 6.07 Å². The van der Waals surface area contributed by atoms with Gasteiger partial charge in [0.1, 0.15) is 11.6 Å². The van der Waals surface area contributed by atoms with Crippen molar-refractivity contribution in [2.24, 2.45) is 0 Å². The van der Waals surface area contributed by atoms with Gasteiger partial charge in [-0.15, -0.1) is 11.3 Å². The molecule has 0 fully saturated rings. The zero-order valence-corrected chi connectivity index (χ0v) is 11.6. The van der Waals surface area contributed by atoms with Gasteiger partial charge in [-0.25, -0.2) is 0 Å². The minimum atomic E-state index is 0.00606. The number of carbonyl (C=O) groups excluding carboxylic acids is 1. The first-order valence-corrected chi connectivity index (χ1v) is 7.62. The van der Waals surface area contributed by atoms with Gasteiger partial charge in [0.25, 0.3) is 0 Å². The summed E-state index contributed by atoms with van der Waals surface area (Å²) < 4.78 is 0. The van der Waals surface area contributed by atoms with Crippen molar-refractivity contribution in [3.05, 3.63) is 39.1 Å². The maximum atomic E-state index is 12.2. The number of nitriles is 1. The van der Waals surface area contributed by atoms with Crippen LogP contribution in [0.3, 0.4) is 0 Å². The van der Waals surface area contributed by atoms with Crippen molar-refractivity contribution in [1.29, 1.82) is 5.26 Å². The van der Waals surface area contributed by atoms with Crippen LogP contribution in [0.5, 0.6) is 0 Å². The quantitative estimate of drug-likeness (QED) is 0.764. The molecule has 2 aliphatic rings. The number of allylic oxidation sites excluding steroid dienone is 4. The Morgan fingerprint density at radius 3 is 2.79 bits per heavy atom. The Hall–Kier alpha value is -1.66. The molecule has 0 aromatic carbocycles. The Morgan fingerprint density at radius 1 is 1.21 bits per heavy atom. The van der Waals surface area contributed by atoms with Gasteiger partial charge in [0.15, 0.2) is 5.78 Å². The second-order valence-electron chi connectivity index (χ2n) is 5.08. The van der Waals surface area contributed by atoms with Crippen LogP contribution in [-0.4, -0.2) is 5.78 Å². The average molecular weight is 269 g/mol. The van der Waals surface area contributed by atoms with Crippen molar-refractivity contribution in [2.75, 3.05) is 0 Å². The highest BCUT2D eigenvalue weighted by atomic mass is 32.1. The zero-order valence-electron chi connectivity index (χ0n) is 10.7. The lowest BCUT2D eigenvalue weighted by Crippen LogP contribution is -2.13. The molecule has 0 N–H and O–H groups in total. The highest BCUT2D eigenvalue weighted by Crippen LogP contribution is 2.42. The largest absolute Gasteiger partial charge is 0.293 e. The van der Waals surface area contributed by atoms with E-state index in [1.807, 2.05) is 17.5 Å². The van der Waals surface area contributed by atoms with Gasteiger partial charge in [0.05, 0.1) is 0 Å². The van der Waals surface area contributed by atoms with Crippen molar-refractivity contribution < 1.29 is 4.79 Å². The summed E-state index contributed by atoms with van der Waals surface area (Å²) in [6.45, 7) is 0. The number of hydrogen-bond acceptors (Lipinski definition) is 3. The molecule has 3 heteroatoms. The van der Waals surface area contributed by atoms with Crippen LogP contribution in [0.4, 0.5) is 0 Å². The smallest absolute Gasteiger partial charge is 0.178 e. The van der Waals surface area contributed by atoms with Crippen LogP contribution in [0.2, 0.25) is 0 Å². The van der Waals surface area contributed by atoms with Crippen molar-refractivity contribution in [2.45, 2.75) is 38.5 Å². The lowest BCUT2D eigenvalue weighted by Gasteiger charge is -2.21. The van der Waals surface area contributed by atoms with Gasteiger partial charge in [-0.05, 0) is 42.7 Å². The summed E-state index contributed by atoms with van der Waals surface area (Å²) in [6.07, 6.45) is 6.07. The first-order valence-electron chi connectivity index (χ1n) is 6.74. The van der Waals surface area contributed by atoms with Crippen LogP contribution in [0, 0.1) is 11.3 Å². The molecule has 3 rings (SSSR count). The molecule has 0 bridgehead atoms. The molecule has 0 amide bonds. The van der Waals surface area contributed by atoms with Crippen molar-refractivity contribution >= 4 is 22.7 Å². The molecule has 0 unspecified atom stereocenters. The van der Waals surface area contributed by atoms with E-state index < -0.39 is 0 Å². The molecular weight excluding hydrogens is 254 g/mol. The number of ketones is 1. The number of rotatable bonds is 1. The van der Waals surface area contributed by atoms with Crippen molar-refractivity contribution in [3.8, 4) is 6.07 Å². The normalized spacial score (nSPS) is 20.1. The van der Waals surface area contributed by atoms with Crippen LogP contribution in [0.1, 0.15) is 43.4 Å². The molecule has 19 heavy (non-hydrogen) atoms. The molecule has 0 saturated carbocycles. The topological polar surface area (TPSA) is 40.9 Å². The van der Waals surface area contributed by atoms with Gasteiger partial charge in [0.2, 0.25) is 0 Å². The Kier molecular flexibility index (Phi) is 3.35. The van der Waals surface area contributed by atoms with E-state index in [0.717, 1.165) is 23.3 Å². The third kappa shape index (κ3) is 2.17. The number of thiophene rings is 1.